The molecule has 2 unspecified atom stereocenters. The van der Waals surface area contributed by atoms with E-state index in [1.165, 1.54) is 0 Å². The van der Waals surface area contributed by atoms with Crippen molar-refractivity contribution in [3.63, 3.8) is 0 Å². The van der Waals surface area contributed by atoms with Gasteiger partial charge in [-0.3, -0.25) is 0 Å². The van der Waals surface area contributed by atoms with Gasteiger partial charge in [-0.15, -0.1) is 0 Å². The Labute approximate surface area is 124 Å². The van der Waals surface area contributed by atoms with E-state index in [9.17, 15) is 10.2 Å². The molecule has 0 radical (unpaired) electrons. The summed E-state index contributed by atoms with van der Waals surface area (Å²) in [7, 11) is 0. The van der Waals surface area contributed by atoms with Crippen molar-refractivity contribution in [3.8, 4) is 0 Å². The van der Waals surface area contributed by atoms with E-state index in [4.69, 9.17) is 0 Å². The molecule has 0 bridgehead atoms. The van der Waals surface area contributed by atoms with Crippen LogP contribution in [0.3, 0.4) is 0 Å². The Morgan fingerprint density at radius 1 is 0.850 bits per heavy atom. The van der Waals surface area contributed by atoms with E-state index in [1.807, 2.05) is 32.9 Å². The number of hydrogen-bond acceptors (Lipinski definition) is 2. The Hall–Kier alpha value is -0.600. The normalized spacial score (nSPS) is 29.1. The van der Waals surface area contributed by atoms with Crippen molar-refractivity contribution < 1.29 is 10.2 Å². The molecule has 2 N–H and O–H groups in total. The zero-order chi connectivity index (χ0) is 16.1. The van der Waals surface area contributed by atoms with Crippen LogP contribution in [-0.4, -0.2) is 21.9 Å². The number of rotatable bonds is 0. The smallest absolute Gasteiger partial charge is 0.121 e. The summed E-state index contributed by atoms with van der Waals surface area (Å²) in [5.41, 5.74) is -0.263. The van der Waals surface area contributed by atoms with Crippen molar-refractivity contribution in [1.29, 1.82) is 0 Å². The molecule has 0 aliphatic heterocycles. The highest BCUT2D eigenvalue weighted by atomic mass is 16.3. The van der Waals surface area contributed by atoms with Gasteiger partial charge >= 0.3 is 0 Å². The minimum Gasteiger partial charge on any atom is -0.385 e. The summed E-state index contributed by atoms with van der Waals surface area (Å²) in [5.74, 6) is 0. The highest BCUT2D eigenvalue weighted by Crippen LogP contribution is 2.51. The van der Waals surface area contributed by atoms with E-state index in [0.29, 0.717) is 0 Å². The van der Waals surface area contributed by atoms with E-state index in [2.05, 4.69) is 41.5 Å². The average molecular weight is 280 g/mol. The van der Waals surface area contributed by atoms with Crippen molar-refractivity contribution in [2.75, 3.05) is 0 Å². The van der Waals surface area contributed by atoms with Crippen LogP contribution in [0.4, 0.5) is 0 Å². The molecule has 20 heavy (non-hydrogen) atoms. The minimum atomic E-state index is -1.25. The molecule has 1 aliphatic carbocycles. The predicted octanol–water partition coefficient (Wildman–Crippen LogP) is 4.08. The average Bonchev–Trinajstić information content (AvgIpc) is 2.16. The SMILES string of the molecule is CC(C)(C)C1=CC=C(C(C)(C)C)C(O)(C(C)(C)C)C1O. The Balaban J connectivity index is 3.57. The van der Waals surface area contributed by atoms with Gasteiger partial charge in [-0.1, -0.05) is 74.5 Å². The summed E-state index contributed by atoms with van der Waals surface area (Å²) in [6, 6.07) is 0. The first-order valence-corrected chi connectivity index (χ1v) is 7.47. The zero-order valence-corrected chi connectivity index (χ0v) is 14.6. The van der Waals surface area contributed by atoms with E-state index in [1.54, 1.807) is 0 Å². The molecule has 0 amide bonds. The largest absolute Gasteiger partial charge is 0.385 e. The van der Waals surface area contributed by atoms with Crippen LogP contribution in [0.2, 0.25) is 0 Å². The van der Waals surface area contributed by atoms with Gasteiger partial charge in [-0.2, -0.15) is 0 Å². The molecule has 0 spiro atoms. The zero-order valence-electron chi connectivity index (χ0n) is 14.6. The minimum absolute atomic E-state index is 0.168. The standard InChI is InChI=1S/C18H32O2/c1-15(2,3)12-10-11-13(16(4,5)6)18(20,14(12)19)17(7,8)9/h10-11,14,19-20H,1-9H3. The topological polar surface area (TPSA) is 40.5 Å². The fourth-order valence-corrected chi connectivity index (χ4v) is 3.06. The second-order valence-electron chi connectivity index (χ2n) is 9.12. The molecule has 116 valence electrons. The van der Waals surface area contributed by atoms with E-state index < -0.39 is 17.1 Å². The summed E-state index contributed by atoms with van der Waals surface area (Å²) < 4.78 is 0. The van der Waals surface area contributed by atoms with E-state index in [-0.39, 0.29) is 10.8 Å². The maximum atomic E-state index is 11.4. The lowest BCUT2D eigenvalue weighted by Gasteiger charge is -2.52. The first-order chi connectivity index (χ1) is 8.63. The summed E-state index contributed by atoms with van der Waals surface area (Å²) in [6.45, 7) is 18.4. The lowest BCUT2D eigenvalue weighted by molar-refractivity contribution is -0.115. The second-order valence-corrected chi connectivity index (χ2v) is 9.12. The molecular formula is C18H32O2. The summed E-state index contributed by atoms with van der Waals surface area (Å²) in [6.07, 6.45) is 3.13. The maximum Gasteiger partial charge on any atom is 0.121 e. The van der Waals surface area contributed by atoms with Crippen LogP contribution in [0.1, 0.15) is 62.3 Å². The highest BCUT2D eigenvalue weighted by molar-refractivity contribution is 5.43. The maximum absolute atomic E-state index is 11.4. The molecule has 0 fully saturated rings. The number of aliphatic hydroxyl groups excluding tert-OH is 1. The molecule has 1 aliphatic rings. The first-order valence-electron chi connectivity index (χ1n) is 7.47. The molecule has 1 rings (SSSR count). The quantitative estimate of drug-likeness (QED) is 0.702. The third-order valence-corrected chi connectivity index (χ3v) is 4.35. The molecule has 0 saturated heterocycles. The highest BCUT2D eigenvalue weighted by Gasteiger charge is 2.55. The molecule has 0 aromatic heterocycles. The molecule has 0 aromatic carbocycles. The summed E-state index contributed by atoms with van der Waals surface area (Å²) >= 11 is 0. The van der Waals surface area contributed by atoms with E-state index in [0.717, 1.165) is 11.1 Å². The van der Waals surface area contributed by atoms with Crippen LogP contribution in [-0.2, 0) is 0 Å². The lowest BCUT2D eigenvalue weighted by Crippen LogP contribution is -2.59. The summed E-state index contributed by atoms with van der Waals surface area (Å²) in [5, 5.41) is 22.4. The molecular weight excluding hydrogens is 248 g/mol. The van der Waals surface area contributed by atoms with Crippen LogP contribution < -0.4 is 0 Å². The van der Waals surface area contributed by atoms with Crippen molar-refractivity contribution in [1.82, 2.24) is 0 Å². The van der Waals surface area contributed by atoms with Crippen molar-refractivity contribution in [3.05, 3.63) is 23.3 Å². The number of aliphatic hydroxyl groups is 2. The van der Waals surface area contributed by atoms with Gasteiger partial charge in [0.2, 0.25) is 0 Å². The molecule has 0 aromatic rings. The fraction of sp³-hybridized carbons (Fsp3) is 0.778. The Morgan fingerprint density at radius 3 is 1.60 bits per heavy atom. The third-order valence-electron chi connectivity index (χ3n) is 4.35. The Kier molecular flexibility index (Phi) is 4.11. The van der Waals surface area contributed by atoms with Crippen molar-refractivity contribution >= 4 is 0 Å². The molecule has 2 nitrogen and oxygen atoms in total. The predicted molar refractivity (Wildman–Crippen MR) is 85.5 cm³/mol. The van der Waals surface area contributed by atoms with Crippen LogP contribution in [0.15, 0.2) is 23.3 Å². The third kappa shape index (κ3) is 2.73. The van der Waals surface area contributed by atoms with Crippen LogP contribution in [0.25, 0.3) is 0 Å². The lowest BCUT2D eigenvalue weighted by atomic mass is 9.57. The first kappa shape index (κ1) is 17.5. The van der Waals surface area contributed by atoms with Gasteiger partial charge in [0.05, 0.1) is 0 Å². The molecule has 2 heteroatoms. The van der Waals surface area contributed by atoms with Crippen LogP contribution in [0, 0.1) is 16.2 Å². The Bertz CT molecular complexity index is 436. The molecule has 0 heterocycles. The number of hydrogen-bond donors (Lipinski definition) is 2. The van der Waals surface area contributed by atoms with Crippen LogP contribution in [0.5, 0.6) is 0 Å². The summed E-state index contributed by atoms with van der Waals surface area (Å²) in [4.78, 5) is 0. The van der Waals surface area contributed by atoms with Gasteiger partial charge in [0.15, 0.2) is 0 Å². The van der Waals surface area contributed by atoms with Crippen molar-refractivity contribution in [2.24, 2.45) is 16.2 Å². The monoisotopic (exact) mass is 280 g/mol. The second kappa shape index (κ2) is 4.71. The van der Waals surface area contributed by atoms with Gasteiger partial charge < -0.3 is 10.2 Å². The van der Waals surface area contributed by atoms with Gasteiger partial charge in [-0.25, -0.2) is 0 Å². The number of allylic oxidation sites excluding steroid dienone is 2. The molecule has 2 atom stereocenters. The van der Waals surface area contributed by atoms with Gasteiger partial charge in [0.1, 0.15) is 11.7 Å². The van der Waals surface area contributed by atoms with Crippen LogP contribution >= 0.6 is 0 Å². The van der Waals surface area contributed by atoms with Gasteiger partial charge in [0, 0.05) is 0 Å². The Morgan fingerprint density at radius 2 is 1.30 bits per heavy atom. The van der Waals surface area contributed by atoms with E-state index >= 15 is 0 Å². The molecule has 0 saturated carbocycles. The van der Waals surface area contributed by atoms with Gasteiger partial charge in [0.25, 0.3) is 0 Å². The van der Waals surface area contributed by atoms with Crippen molar-refractivity contribution in [2.45, 2.75) is 74.0 Å². The van der Waals surface area contributed by atoms with Gasteiger partial charge in [-0.05, 0) is 27.4 Å². The fourth-order valence-electron chi connectivity index (χ4n) is 3.06.